The fourth-order valence-corrected chi connectivity index (χ4v) is 11.5. The lowest BCUT2D eigenvalue weighted by Gasteiger charge is -2.30. The smallest absolute Gasteiger partial charge is 0.407 e. The van der Waals surface area contributed by atoms with Gasteiger partial charge in [0.2, 0.25) is 5.91 Å². The average Bonchev–Trinajstić information content (AvgIpc) is 3.81. The van der Waals surface area contributed by atoms with Crippen molar-refractivity contribution in [3.63, 3.8) is 0 Å². The molecule has 0 spiro atoms. The van der Waals surface area contributed by atoms with Crippen molar-refractivity contribution < 1.29 is 38.1 Å². The number of hydrogen-bond acceptors (Lipinski definition) is 10. The van der Waals surface area contributed by atoms with E-state index < -0.39 is 30.3 Å². The summed E-state index contributed by atoms with van der Waals surface area (Å²) in [6.45, 7) is 7.37. The van der Waals surface area contributed by atoms with Gasteiger partial charge in [-0.25, -0.2) is 19.6 Å². The van der Waals surface area contributed by atoms with Crippen LogP contribution in [0.4, 0.5) is 9.59 Å². The first-order valence-electron chi connectivity index (χ1n) is 22.6. The van der Waals surface area contributed by atoms with Crippen LogP contribution in [0.3, 0.4) is 0 Å². The van der Waals surface area contributed by atoms with Gasteiger partial charge in [-0.15, -0.1) is 0 Å². The lowest BCUT2D eigenvalue weighted by Crippen LogP contribution is -2.51. The molecule has 16 heteroatoms. The molecule has 6 aliphatic rings. The van der Waals surface area contributed by atoms with Crippen LogP contribution in [0.1, 0.15) is 68.1 Å². The number of carbonyl (C=O) groups excluding carboxylic acids is 4. The molecular formula is C50H52N8O8. The van der Waals surface area contributed by atoms with E-state index in [4.69, 9.17) is 28.9 Å². The minimum atomic E-state index is -0.954. The first kappa shape index (κ1) is 41.7. The molecule has 3 saturated heterocycles. The minimum Gasteiger partial charge on any atom is -0.488 e. The molecule has 4 aliphatic heterocycles. The molecule has 4 aromatic carbocycles. The molecule has 0 radical (unpaired) electrons. The highest BCUT2D eigenvalue weighted by Gasteiger charge is 2.94. The summed E-state index contributed by atoms with van der Waals surface area (Å²) >= 11 is 0. The molecule has 6 heterocycles. The van der Waals surface area contributed by atoms with Crippen molar-refractivity contribution in [1.82, 2.24) is 40.4 Å². The Labute approximate surface area is 380 Å². The molecule has 66 heavy (non-hydrogen) atoms. The number of nitrogens with zero attached hydrogens (tertiary/aromatic N) is 4. The summed E-state index contributed by atoms with van der Waals surface area (Å²) in [5.41, 5.74) is 7.26. The molecule has 6 aromatic rings. The minimum absolute atomic E-state index is 0.0592. The number of aromatic nitrogens is 4. The van der Waals surface area contributed by atoms with E-state index in [-0.39, 0.29) is 41.1 Å². The summed E-state index contributed by atoms with van der Waals surface area (Å²) in [7, 11) is 4.24. The third kappa shape index (κ3) is 6.50. The Balaban J connectivity index is 0.865. The van der Waals surface area contributed by atoms with Crippen LogP contribution in [0.25, 0.3) is 44.2 Å². The molecular weight excluding hydrogens is 841 g/mol. The Hall–Kier alpha value is -6.94. The predicted molar refractivity (Wildman–Crippen MR) is 243 cm³/mol. The number of nitrogens with one attached hydrogen (secondary N) is 4. The van der Waals surface area contributed by atoms with Crippen LogP contribution in [0.5, 0.6) is 5.75 Å². The molecule has 16 nitrogen and oxygen atoms in total. The van der Waals surface area contributed by atoms with Gasteiger partial charge in [0.1, 0.15) is 36.1 Å². The summed E-state index contributed by atoms with van der Waals surface area (Å²) in [6.07, 6.45) is 1.15. The summed E-state index contributed by atoms with van der Waals surface area (Å²) < 4.78 is 21.8. The quantitative estimate of drug-likeness (QED) is 0.103. The molecule has 5 fully saturated rings. The second-order valence-electron chi connectivity index (χ2n) is 18.9. The van der Waals surface area contributed by atoms with Crippen LogP contribution < -0.4 is 15.4 Å². The number of likely N-dealkylation sites (tertiary alicyclic amines) is 1. The number of aromatic amines is 2. The van der Waals surface area contributed by atoms with Crippen molar-refractivity contribution in [2.24, 2.45) is 29.1 Å². The maximum atomic E-state index is 14.4. The van der Waals surface area contributed by atoms with E-state index in [1.807, 2.05) is 61.3 Å². The number of H-pyrrole nitrogens is 2. The molecule has 12 rings (SSSR count). The van der Waals surface area contributed by atoms with Crippen molar-refractivity contribution in [2.45, 2.75) is 64.0 Å². The van der Waals surface area contributed by atoms with Crippen molar-refractivity contribution >= 4 is 45.8 Å². The summed E-state index contributed by atoms with van der Waals surface area (Å²) in [5.74, 6) is 2.52. The van der Waals surface area contributed by atoms with Gasteiger partial charge in [0.15, 0.2) is 0 Å². The molecule has 4 N–H and O–H groups in total. The van der Waals surface area contributed by atoms with E-state index in [2.05, 4.69) is 63.9 Å². The number of hydrogen-bond donors (Lipinski definition) is 4. The second-order valence-corrected chi connectivity index (χ2v) is 18.9. The zero-order valence-corrected chi connectivity index (χ0v) is 37.6. The molecule has 2 aromatic heterocycles. The molecule has 2 bridgehead atoms. The van der Waals surface area contributed by atoms with Crippen LogP contribution >= 0.6 is 0 Å². The fourth-order valence-electron chi connectivity index (χ4n) is 11.5. The average molecular weight is 893 g/mol. The van der Waals surface area contributed by atoms with Crippen molar-refractivity contribution in [2.75, 3.05) is 34.5 Å². The Bertz CT molecular complexity index is 2950. The molecule has 1 unspecified atom stereocenters. The van der Waals surface area contributed by atoms with Gasteiger partial charge in [0.25, 0.3) is 5.91 Å². The fraction of sp³-hybridized carbons (Fsp3) is 0.400. The molecule has 340 valence electrons. The highest BCUT2D eigenvalue weighted by atomic mass is 16.5. The van der Waals surface area contributed by atoms with E-state index in [9.17, 15) is 19.2 Å². The highest BCUT2D eigenvalue weighted by molar-refractivity contribution is 6.07. The third-order valence-corrected chi connectivity index (χ3v) is 14.9. The Morgan fingerprint density at radius 2 is 1.67 bits per heavy atom. The van der Waals surface area contributed by atoms with Crippen LogP contribution in [0.15, 0.2) is 79.0 Å². The number of piperidine rings is 1. The number of methoxy groups -OCH3 is 3. The number of benzene rings is 4. The summed E-state index contributed by atoms with van der Waals surface area (Å²) in [5, 5.41) is 7.43. The number of alkyl carbamates (subject to hydrolysis) is 2. The van der Waals surface area contributed by atoms with Gasteiger partial charge in [-0.2, -0.15) is 0 Å². The maximum Gasteiger partial charge on any atom is 0.407 e. The van der Waals surface area contributed by atoms with Gasteiger partial charge < -0.3 is 49.3 Å². The van der Waals surface area contributed by atoms with Crippen LogP contribution in [-0.4, -0.2) is 100 Å². The first-order valence-corrected chi connectivity index (χ1v) is 22.6. The van der Waals surface area contributed by atoms with E-state index in [1.165, 1.54) is 14.2 Å². The number of imidazole rings is 2. The third-order valence-electron chi connectivity index (χ3n) is 14.9. The highest BCUT2D eigenvalue weighted by Crippen LogP contribution is 2.90. The van der Waals surface area contributed by atoms with Crippen molar-refractivity contribution in [1.29, 1.82) is 0 Å². The Kier molecular flexibility index (Phi) is 9.87. The Morgan fingerprint density at radius 1 is 0.894 bits per heavy atom. The summed E-state index contributed by atoms with van der Waals surface area (Å²) in [4.78, 5) is 74.1. The van der Waals surface area contributed by atoms with Gasteiger partial charge in [0.05, 0.1) is 55.8 Å². The van der Waals surface area contributed by atoms with Gasteiger partial charge in [0, 0.05) is 36.6 Å². The zero-order chi connectivity index (χ0) is 45.8. The second kappa shape index (κ2) is 15.6. The number of carbonyl (C=O) groups is 4. The van der Waals surface area contributed by atoms with Crippen molar-refractivity contribution in [3.8, 4) is 28.1 Å². The lowest BCUT2D eigenvalue weighted by molar-refractivity contribution is -0.136. The molecule has 2 aliphatic carbocycles. The zero-order valence-electron chi connectivity index (χ0n) is 37.6. The maximum absolute atomic E-state index is 14.4. The van der Waals surface area contributed by atoms with E-state index in [1.54, 1.807) is 12.0 Å². The topological polar surface area (TPSA) is 193 Å². The molecule has 9 atom stereocenters. The van der Waals surface area contributed by atoms with E-state index in [0.717, 1.165) is 61.3 Å². The Morgan fingerprint density at radius 3 is 2.41 bits per heavy atom. The van der Waals surface area contributed by atoms with Gasteiger partial charge in [-0.3, -0.25) is 9.59 Å². The van der Waals surface area contributed by atoms with E-state index in [0.29, 0.717) is 49.4 Å². The van der Waals surface area contributed by atoms with Gasteiger partial charge in [-0.1, -0.05) is 69.3 Å². The monoisotopic (exact) mass is 892 g/mol. The van der Waals surface area contributed by atoms with Crippen molar-refractivity contribution in [3.05, 3.63) is 102 Å². The predicted octanol–water partition coefficient (Wildman–Crippen LogP) is 7.20. The van der Waals surface area contributed by atoms with Gasteiger partial charge >= 0.3 is 12.2 Å². The van der Waals surface area contributed by atoms with Crippen LogP contribution in [0.2, 0.25) is 0 Å². The standard InChI is InChI=1S/C50H52N8O8/c1-24(2)39(55-48(61)64-5)47(60)58-42(37-38-43(58)50(37,38)3)45-51-20-34(53-45)28-12-14-30-29(17-28)23-66-36-19-31-27(18-32(30)36)13-15-33-41(31)54-44(52-33)35-16-25(22-63-4)21-57(35)46(59)40(56-49(62)65-6)26-10-8-7-9-11-26/h7-15,17-20,24-25,35,37-40,42-43H,16,21-23H2,1-6H3,(H,51,53)(H,52,54)(H,55,61)(H,56,62)/t25-,35-,37?,38+,39-,40+,42-,43-,50+/m0/s1. The lowest BCUT2D eigenvalue weighted by atomic mass is 9.92. The number of fused-ring (bicyclic) bond motifs is 7. The normalized spacial score (nSPS) is 25.1. The largest absolute Gasteiger partial charge is 0.488 e. The number of rotatable bonds is 11. The molecule has 2 saturated carbocycles. The number of amides is 4. The van der Waals surface area contributed by atoms with Crippen LogP contribution in [-0.2, 0) is 30.4 Å². The molecule has 4 amide bonds. The number of ether oxygens (including phenoxy) is 4. The van der Waals surface area contributed by atoms with Crippen LogP contribution in [0, 0.1) is 29.1 Å². The van der Waals surface area contributed by atoms with E-state index >= 15 is 0 Å². The SMILES string of the molecule is COC[C@H]1C[C@@H](c2nc3c(ccc4cc5c(cc43)OCc3cc(-c4cnc([C@@H]6C7[C@@H]8[C@H](N6C(=O)[C@@H](NC(=O)OC)C(C)C)[C@]78C)[nH]4)ccc3-5)[nH]2)N(C(=O)[C@H](NC(=O)OC)c2ccccc2)C1. The van der Waals surface area contributed by atoms with Gasteiger partial charge in [-0.05, 0) is 81.5 Å². The first-order chi connectivity index (χ1) is 31.9. The summed E-state index contributed by atoms with van der Waals surface area (Å²) in [6, 6.07) is 21.7.